The largest absolute Gasteiger partial charge is 0.374 e. The lowest BCUT2D eigenvalue weighted by molar-refractivity contribution is 0.0187. The van der Waals surface area contributed by atoms with Crippen molar-refractivity contribution >= 4 is 10.9 Å². The summed E-state index contributed by atoms with van der Waals surface area (Å²) >= 11 is 0. The van der Waals surface area contributed by atoms with Gasteiger partial charge in [-0.3, -0.25) is 0 Å². The molecule has 0 spiro atoms. The van der Waals surface area contributed by atoms with Gasteiger partial charge in [0.15, 0.2) is 0 Å². The minimum absolute atomic E-state index is 0.301. The molecule has 5 heteroatoms. The third kappa shape index (κ3) is 3.75. The zero-order valence-electron chi connectivity index (χ0n) is 10.9. The molecule has 0 amide bonds. The van der Waals surface area contributed by atoms with Gasteiger partial charge < -0.3 is 14.6 Å². The molecule has 0 radical (unpaired) electrons. The molecule has 104 valence electrons. The Morgan fingerprint density at radius 3 is 2.89 bits per heavy atom. The minimum Gasteiger partial charge on any atom is -0.374 e. The second kappa shape index (κ2) is 6.63. The van der Waals surface area contributed by atoms with Crippen molar-refractivity contribution in [2.75, 3.05) is 19.8 Å². The predicted octanol–water partition coefficient (Wildman–Crippen LogP) is 2.55. The molecular weight excluding hydrogens is 250 g/mol. The number of hydrogen-bond donors (Lipinski definition) is 1. The molecule has 0 fully saturated rings. The van der Waals surface area contributed by atoms with E-state index in [0.717, 1.165) is 0 Å². The third-order valence-electron chi connectivity index (χ3n) is 2.96. The number of ether oxygens (including phenoxy) is 1. The monoisotopic (exact) mass is 268 g/mol. The maximum Gasteiger partial charge on any atom is 0.261 e. The van der Waals surface area contributed by atoms with Crippen LogP contribution in [-0.2, 0) is 18.3 Å². The molecule has 0 aliphatic carbocycles. The third-order valence-corrected chi connectivity index (χ3v) is 2.96. The number of hydrogen-bond acceptors (Lipinski definition) is 2. The maximum absolute atomic E-state index is 11.8. The van der Waals surface area contributed by atoms with Crippen LogP contribution in [0, 0.1) is 0 Å². The van der Waals surface area contributed by atoms with Gasteiger partial charge in [-0.15, -0.1) is 0 Å². The van der Waals surface area contributed by atoms with Crippen molar-refractivity contribution in [3.8, 4) is 0 Å². The van der Waals surface area contributed by atoms with Gasteiger partial charge in [-0.2, -0.15) is 0 Å². The lowest BCUT2D eigenvalue weighted by atomic mass is 10.2. The Labute approximate surface area is 111 Å². The number of halogens is 2. The summed E-state index contributed by atoms with van der Waals surface area (Å²) in [7, 11) is 2.01. The number of aryl methyl sites for hydroxylation is 1. The van der Waals surface area contributed by atoms with Gasteiger partial charge in [0, 0.05) is 37.2 Å². The van der Waals surface area contributed by atoms with Crippen molar-refractivity contribution in [1.29, 1.82) is 0 Å². The lowest BCUT2D eigenvalue weighted by Gasteiger charge is -2.05. The molecule has 0 unspecified atom stereocenters. The second-order valence-corrected chi connectivity index (χ2v) is 4.43. The molecule has 1 aromatic heterocycles. The van der Waals surface area contributed by atoms with E-state index in [1.807, 2.05) is 19.2 Å². The van der Waals surface area contributed by atoms with Crippen LogP contribution in [0.4, 0.5) is 8.78 Å². The van der Waals surface area contributed by atoms with E-state index in [1.165, 1.54) is 16.5 Å². The van der Waals surface area contributed by atoms with Crippen molar-refractivity contribution in [3.63, 3.8) is 0 Å². The highest BCUT2D eigenvalue weighted by Gasteiger charge is 2.05. The fraction of sp³-hybridized carbons (Fsp3) is 0.429. The summed E-state index contributed by atoms with van der Waals surface area (Å²) in [6.07, 6.45) is -0.310. The van der Waals surface area contributed by atoms with Crippen molar-refractivity contribution in [3.05, 3.63) is 36.0 Å². The first kappa shape index (κ1) is 14.0. The molecule has 1 N–H and O–H groups in total. The van der Waals surface area contributed by atoms with Crippen molar-refractivity contribution in [2.45, 2.75) is 13.0 Å². The molecule has 1 aromatic carbocycles. The van der Waals surface area contributed by atoms with Crippen LogP contribution in [0.25, 0.3) is 10.9 Å². The van der Waals surface area contributed by atoms with Crippen LogP contribution in [-0.4, -0.2) is 30.8 Å². The normalized spacial score (nSPS) is 11.6. The number of nitrogens with zero attached hydrogens (tertiary/aromatic N) is 1. The van der Waals surface area contributed by atoms with E-state index in [2.05, 4.69) is 28.2 Å². The summed E-state index contributed by atoms with van der Waals surface area (Å²) in [5.41, 5.74) is 2.39. The summed E-state index contributed by atoms with van der Waals surface area (Å²) in [5.74, 6) is 0. The fourth-order valence-electron chi connectivity index (χ4n) is 2.11. The Morgan fingerprint density at radius 2 is 2.11 bits per heavy atom. The number of alkyl halides is 2. The molecule has 0 saturated heterocycles. The van der Waals surface area contributed by atoms with Crippen LogP contribution in [0.3, 0.4) is 0 Å². The smallest absolute Gasteiger partial charge is 0.261 e. The Hall–Kier alpha value is -1.46. The maximum atomic E-state index is 11.8. The quantitative estimate of drug-likeness (QED) is 0.781. The van der Waals surface area contributed by atoms with Gasteiger partial charge >= 0.3 is 0 Å². The molecular formula is C14H18F2N2O. The molecule has 2 rings (SSSR count). The molecule has 0 saturated carbocycles. The van der Waals surface area contributed by atoms with Gasteiger partial charge in [0.1, 0.15) is 6.61 Å². The Bertz CT molecular complexity index is 525. The van der Waals surface area contributed by atoms with Gasteiger partial charge in [0.05, 0.1) is 6.61 Å². The number of aromatic nitrogens is 1. The van der Waals surface area contributed by atoms with Crippen LogP contribution in [0.1, 0.15) is 5.56 Å². The average molecular weight is 268 g/mol. The highest BCUT2D eigenvalue weighted by molar-refractivity contribution is 5.83. The molecule has 0 aliphatic heterocycles. The number of para-hydroxylation sites is 1. The topological polar surface area (TPSA) is 26.2 Å². The molecule has 0 atom stereocenters. The molecule has 0 bridgehead atoms. The number of rotatable bonds is 7. The summed E-state index contributed by atoms with van der Waals surface area (Å²) in [6, 6.07) is 8.18. The van der Waals surface area contributed by atoms with Crippen molar-refractivity contribution in [1.82, 2.24) is 9.88 Å². The lowest BCUT2D eigenvalue weighted by Crippen LogP contribution is -2.20. The molecule has 19 heavy (non-hydrogen) atoms. The van der Waals surface area contributed by atoms with Gasteiger partial charge in [-0.1, -0.05) is 18.2 Å². The highest BCUT2D eigenvalue weighted by atomic mass is 19.3. The molecule has 3 nitrogen and oxygen atoms in total. The van der Waals surface area contributed by atoms with E-state index < -0.39 is 13.0 Å². The van der Waals surface area contributed by atoms with Gasteiger partial charge in [0.2, 0.25) is 0 Å². The van der Waals surface area contributed by atoms with E-state index in [-0.39, 0.29) is 0 Å². The Morgan fingerprint density at radius 1 is 1.32 bits per heavy atom. The van der Waals surface area contributed by atoms with Crippen LogP contribution >= 0.6 is 0 Å². The minimum atomic E-state index is -2.39. The van der Waals surface area contributed by atoms with E-state index in [0.29, 0.717) is 19.7 Å². The number of nitrogens with one attached hydrogen (secondary N) is 1. The fourth-order valence-corrected chi connectivity index (χ4v) is 2.11. The highest BCUT2D eigenvalue weighted by Crippen LogP contribution is 2.19. The standard InChI is InChI=1S/C14H18F2N2O/c1-18-9-11(12-4-2-3-5-13(12)18)8-17-6-7-19-10-14(15)16/h2-5,9,14,17H,6-8,10H2,1H3. The first-order chi connectivity index (χ1) is 9.18. The Kier molecular flexibility index (Phi) is 4.87. The van der Waals surface area contributed by atoms with Gasteiger partial charge in [-0.25, -0.2) is 8.78 Å². The van der Waals surface area contributed by atoms with Crippen LogP contribution < -0.4 is 5.32 Å². The SMILES string of the molecule is Cn1cc(CNCCOCC(F)F)c2ccccc21. The van der Waals surface area contributed by atoms with Gasteiger partial charge in [-0.05, 0) is 11.6 Å². The summed E-state index contributed by atoms with van der Waals surface area (Å²) in [5, 5.41) is 4.41. The first-order valence-corrected chi connectivity index (χ1v) is 6.28. The van der Waals surface area contributed by atoms with Crippen LogP contribution in [0.5, 0.6) is 0 Å². The van der Waals surface area contributed by atoms with Crippen LogP contribution in [0.15, 0.2) is 30.5 Å². The van der Waals surface area contributed by atoms with Crippen LogP contribution in [0.2, 0.25) is 0 Å². The molecule has 1 heterocycles. The van der Waals surface area contributed by atoms with E-state index >= 15 is 0 Å². The predicted molar refractivity (Wildman–Crippen MR) is 71.4 cm³/mol. The van der Waals surface area contributed by atoms with Crippen molar-refractivity contribution < 1.29 is 13.5 Å². The van der Waals surface area contributed by atoms with E-state index in [9.17, 15) is 8.78 Å². The summed E-state index contributed by atoms with van der Waals surface area (Å²) in [4.78, 5) is 0. The summed E-state index contributed by atoms with van der Waals surface area (Å²) < 4.78 is 30.6. The first-order valence-electron chi connectivity index (χ1n) is 6.28. The van der Waals surface area contributed by atoms with Crippen molar-refractivity contribution in [2.24, 2.45) is 7.05 Å². The molecule has 2 aromatic rings. The summed E-state index contributed by atoms with van der Waals surface area (Å²) in [6.45, 7) is 1.08. The average Bonchev–Trinajstić information content (AvgIpc) is 2.71. The number of fused-ring (bicyclic) bond motifs is 1. The Balaban J connectivity index is 1.82. The van der Waals surface area contributed by atoms with Gasteiger partial charge in [0.25, 0.3) is 6.43 Å². The van der Waals surface area contributed by atoms with E-state index in [4.69, 9.17) is 4.74 Å². The van der Waals surface area contributed by atoms with E-state index in [1.54, 1.807) is 0 Å². The molecule has 0 aliphatic rings. The zero-order valence-corrected chi connectivity index (χ0v) is 10.9. The zero-order chi connectivity index (χ0) is 13.7. The number of benzene rings is 1. The second-order valence-electron chi connectivity index (χ2n) is 4.43.